The largest absolute Gasteiger partial charge is 0.481 e. The summed E-state index contributed by atoms with van der Waals surface area (Å²) in [7, 11) is 0. The average Bonchev–Trinajstić information content (AvgIpc) is 3.11. The first-order valence-corrected chi connectivity index (χ1v) is 19.6. The van der Waals surface area contributed by atoms with E-state index < -0.39 is 109 Å². The van der Waals surface area contributed by atoms with Crippen LogP contribution in [0.1, 0.15) is 132 Å². The van der Waals surface area contributed by atoms with Crippen LogP contribution >= 0.6 is 0 Å². The smallest absolute Gasteiger partial charge is 0.305 e. The van der Waals surface area contributed by atoms with Crippen LogP contribution in [-0.2, 0) is 43.2 Å². The highest BCUT2D eigenvalue weighted by Crippen LogP contribution is 2.27. The van der Waals surface area contributed by atoms with Crippen molar-refractivity contribution >= 4 is 53.2 Å². The van der Waals surface area contributed by atoms with E-state index in [9.17, 15) is 53.4 Å². The summed E-state index contributed by atoms with van der Waals surface area (Å²) in [6.45, 7) is 11.9. The zero-order valence-corrected chi connectivity index (χ0v) is 33.5. The first-order valence-electron chi connectivity index (χ1n) is 19.6. The Balaban J connectivity index is 3.37. The zero-order chi connectivity index (χ0) is 41.8. The topological polar surface area (TPSA) is 266 Å². The van der Waals surface area contributed by atoms with E-state index in [1.54, 1.807) is 27.7 Å². The first kappa shape index (κ1) is 48.4. The van der Waals surface area contributed by atoms with Crippen LogP contribution in [0.5, 0.6) is 0 Å². The number of Topliss-reactive ketones (excluding diaryl/α,β-unsaturated/α-hetero) is 1. The van der Waals surface area contributed by atoms with Crippen molar-refractivity contribution in [2.75, 3.05) is 0 Å². The number of carbonyl (C=O) groups excluding carboxylic acids is 7. The molecule has 6 amide bonds. The van der Waals surface area contributed by atoms with Crippen molar-refractivity contribution in [1.29, 1.82) is 0 Å². The molecule has 1 aliphatic rings. The van der Waals surface area contributed by atoms with Gasteiger partial charge in [-0.05, 0) is 56.3 Å². The SMILES string of the molecule is CCCC(=O)[C@H](CC)NC(=O)[C@@H](NC(=O)[C@@H](NC(=O)[C@H](CC(C)C)NC(=O)[C@@H](CCC(=O)O)NC(=O)[C@H](CC(=O)O)NC(C)=O)[C@@H](C)CC)C1CCCCC1. The number of nitrogens with one attached hydrogen (secondary N) is 6. The Labute approximate surface area is 324 Å². The molecule has 0 aliphatic heterocycles. The van der Waals surface area contributed by atoms with Crippen LogP contribution in [0.4, 0.5) is 0 Å². The Bertz CT molecular complexity index is 1330. The van der Waals surface area contributed by atoms with Gasteiger partial charge < -0.3 is 42.1 Å². The molecule has 1 rings (SSSR count). The molecule has 7 atom stereocenters. The quantitative estimate of drug-likeness (QED) is 0.0661. The van der Waals surface area contributed by atoms with Crippen molar-refractivity contribution in [2.24, 2.45) is 17.8 Å². The van der Waals surface area contributed by atoms with Gasteiger partial charge in [0.25, 0.3) is 0 Å². The summed E-state index contributed by atoms with van der Waals surface area (Å²) in [4.78, 5) is 115. The Morgan fingerprint density at radius 2 is 1.16 bits per heavy atom. The Morgan fingerprint density at radius 1 is 0.600 bits per heavy atom. The van der Waals surface area contributed by atoms with Gasteiger partial charge in [0, 0.05) is 19.8 Å². The summed E-state index contributed by atoms with van der Waals surface area (Å²) in [5.74, 6) is -8.05. The van der Waals surface area contributed by atoms with Gasteiger partial charge in [0.2, 0.25) is 35.4 Å². The van der Waals surface area contributed by atoms with Gasteiger partial charge in [0.05, 0.1) is 12.5 Å². The summed E-state index contributed by atoms with van der Waals surface area (Å²) < 4.78 is 0. The molecule has 1 aliphatic carbocycles. The van der Waals surface area contributed by atoms with Crippen LogP contribution in [0.25, 0.3) is 0 Å². The fourth-order valence-corrected chi connectivity index (χ4v) is 6.57. The number of hydrogen-bond acceptors (Lipinski definition) is 9. The van der Waals surface area contributed by atoms with E-state index in [4.69, 9.17) is 0 Å². The molecule has 312 valence electrons. The van der Waals surface area contributed by atoms with E-state index in [-0.39, 0.29) is 24.0 Å². The molecule has 17 heteroatoms. The maximum absolute atomic E-state index is 14.1. The Hall–Kier alpha value is -4.57. The van der Waals surface area contributed by atoms with Crippen molar-refractivity contribution in [3.63, 3.8) is 0 Å². The van der Waals surface area contributed by atoms with Gasteiger partial charge in [0.15, 0.2) is 5.78 Å². The van der Waals surface area contributed by atoms with Crippen LogP contribution in [0, 0.1) is 17.8 Å². The molecule has 0 unspecified atom stereocenters. The molecule has 0 aromatic carbocycles. The Morgan fingerprint density at radius 3 is 1.67 bits per heavy atom. The predicted molar refractivity (Wildman–Crippen MR) is 202 cm³/mol. The van der Waals surface area contributed by atoms with Gasteiger partial charge >= 0.3 is 11.9 Å². The lowest BCUT2D eigenvalue weighted by Gasteiger charge is -2.33. The van der Waals surface area contributed by atoms with Gasteiger partial charge in [-0.2, -0.15) is 0 Å². The summed E-state index contributed by atoms with van der Waals surface area (Å²) in [5, 5.41) is 34.1. The highest BCUT2D eigenvalue weighted by Gasteiger charge is 2.37. The lowest BCUT2D eigenvalue weighted by atomic mass is 9.83. The summed E-state index contributed by atoms with van der Waals surface area (Å²) in [6.07, 6.45) is 4.21. The van der Waals surface area contributed by atoms with Crippen molar-refractivity contribution in [3.05, 3.63) is 0 Å². The van der Waals surface area contributed by atoms with E-state index in [0.717, 1.165) is 26.2 Å². The van der Waals surface area contributed by atoms with Crippen LogP contribution in [0.3, 0.4) is 0 Å². The third-order valence-corrected chi connectivity index (χ3v) is 9.80. The third kappa shape index (κ3) is 17.6. The number of amides is 6. The average molecular weight is 781 g/mol. The van der Waals surface area contributed by atoms with Gasteiger partial charge in [-0.1, -0.05) is 67.2 Å². The number of hydrogen-bond donors (Lipinski definition) is 8. The van der Waals surface area contributed by atoms with E-state index in [1.165, 1.54) is 0 Å². The Kier molecular flexibility index (Phi) is 21.8. The molecule has 55 heavy (non-hydrogen) atoms. The molecular formula is C38H64N6O11. The standard InChI is InChI=1S/C38H64N6O11/c1-8-14-29(46)25(10-3)40-38(55)33(24-15-12-11-13-16-24)44-37(54)32(22(6)9-2)43-36(53)27(19-21(4)5)42-34(51)26(17-18-30(47)48)41-35(52)28(20-31(49)50)39-23(7)45/h21-22,24-28,32-33H,8-20H2,1-7H3,(H,39,45)(H,40,55)(H,41,52)(H,42,51)(H,43,53)(H,44,54)(H,47,48)(H,49,50)/t22-,25-,26+,27-,28-,32-,33-/m0/s1. The van der Waals surface area contributed by atoms with E-state index in [2.05, 4.69) is 31.9 Å². The van der Waals surface area contributed by atoms with Crippen molar-refractivity contribution in [2.45, 2.75) is 168 Å². The van der Waals surface area contributed by atoms with E-state index in [0.29, 0.717) is 38.5 Å². The van der Waals surface area contributed by atoms with Crippen LogP contribution in [0.15, 0.2) is 0 Å². The van der Waals surface area contributed by atoms with Gasteiger partial charge in [0.1, 0.15) is 30.2 Å². The monoisotopic (exact) mass is 780 g/mol. The maximum atomic E-state index is 14.1. The molecule has 0 aromatic heterocycles. The lowest BCUT2D eigenvalue weighted by molar-refractivity contribution is -0.141. The van der Waals surface area contributed by atoms with Crippen molar-refractivity contribution < 1.29 is 53.4 Å². The molecule has 0 spiro atoms. The summed E-state index contributed by atoms with van der Waals surface area (Å²) in [6, 6.07) is -7.14. The van der Waals surface area contributed by atoms with Crippen LogP contribution in [0.2, 0.25) is 0 Å². The fourth-order valence-electron chi connectivity index (χ4n) is 6.57. The second kappa shape index (κ2) is 24.8. The van der Waals surface area contributed by atoms with E-state index in [1.807, 2.05) is 13.8 Å². The summed E-state index contributed by atoms with van der Waals surface area (Å²) >= 11 is 0. The molecule has 0 saturated heterocycles. The molecule has 8 N–H and O–H groups in total. The minimum absolute atomic E-state index is 0.0802. The highest BCUT2D eigenvalue weighted by atomic mass is 16.4. The molecule has 1 fully saturated rings. The zero-order valence-electron chi connectivity index (χ0n) is 33.5. The van der Waals surface area contributed by atoms with Crippen molar-refractivity contribution in [1.82, 2.24) is 31.9 Å². The summed E-state index contributed by atoms with van der Waals surface area (Å²) in [5.41, 5.74) is 0. The van der Waals surface area contributed by atoms with Crippen LogP contribution < -0.4 is 31.9 Å². The second-order valence-corrected chi connectivity index (χ2v) is 15.0. The van der Waals surface area contributed by atoms with Crippen molar-refractivity contribution in [3.8, 4) is 0 Å². The van der Waals surface area contributed by atoms with E-state index >= 15 is 0 Å². The number of rotatable bonds is 25. The van der Waals surface area contributed by atoms with Gasteiger partial charge in [-0.3, -0.25) is 43.2 Å². The number of carboxylic acids is 2. The third-order valence-electron chi connectivity index (χ3n) is 9.80. The lowest BCUT2D eigenvalue weighted by Crippen LogP contribution is -2.61. The maximum Gasteiger partial charge on any atom is 0.305 e. The first-order chi connectivity index (χ1) is 25.8. The number of ketones is 1. The number of aliphatic carboxylic acids is 2. The molecule has 0 heterocycles. The number of carbonyl (C=O) groups is 9. The molecule has 17 nitrogen and oxygen atoms in total. The second-order valence-electron chi connectivity index (χ2n) is 15.0. The van der Waals surface area contributed by atoms with Crippen LogP contribution in [-0.4, -0.2) is 99.6 Å². The normalized spacial score (nSPS) is 16.9. The predicted octanol–water partition coefficient (Wildman–Crippen LogP) is 1.71. The molecule has 0 bridgehead atoms. The molecule has 0 aromatic rings. The molecule has 1 saturated carbocycles. The minimum Gasteiger partial charge on any atom is -0.481 e. The highest BCUT2D eigenvalue weighted by molar-refractivity contribution is 5.98. The fraction of sp³-hybridized carbons (Fsp3) is 0.763. The minimum atomic E-state index is -1.57. The number of carboxylic acid groups (broad SMARTS) is 2. The molecule has 0 radical (unpaired) electrons. The molecular weight excluding hydrogens is 716 g/mol. The van der Waals surface area contributed by atoms with Gasteiger partial charge in [-0.25, -0.2) is 0 Å². The van der Waals surface area contributed by atoms with Gasteiger partial charge in [-0.15, -0.1) is 0 Å².